The van der Waals surface area contributed by atoms with E-state index in [9.17, 15) is 4.79 Å². The van der Waals surface area contributed by atoms with Crippen LogP contribution in [0.2, 0.25) is 5.02 Å². The molecule has 0 bridgehead atoms. The van der Waals surface area contributed by atoms with Gasteiger partial charge in [0.15, 0.2) is 0 Å². The third-order valence-corrected chi connectivity index (χ3v) is 9.07. The number of unbranched alkanes of at least 4 members (excludes halogenated alkanes) is 11. The molecule has 0 spiro atoms. The van der Waals surface area contributed by atoms with Crippen molar-refractivity contribution >= 4 is 51.9 Å². The highest BCUT2D eigenvalue weighted by Gasteiger charge is 2.18. The third-order valence-electron chi connectivity index (χ3n) is 7.73. The zero-order valence-electron chi connectivity index (χ0n) is 26.0. The van der Waals surface area contributed by atoms with Crippen LogP contribution in [-0.4, -0.2) is 29.8 Å². The summed E-state index contributed by atoms with van der Waals surface area (Å²) < 4.78 is 6.08. The summed E-state index contributed by atoms with van der Waals surface area (Å²) in [5.41, 5.74) is 3.27. The largest absolute Gasteiger partial charge is 0.492 e. The number of carbonyl (C=O) groups excluding carboxylic acids is 1. The molecule has 0 aliphatic carbocycles. The first-order chi connectivity index (χ1) is 20.0. The molecule has 2 aromatic carbocycles. The van der Waals surface area contributed by atoms with Crippen molar-refractivity contribution in [2.24, 2.45) is 0 Å². The number of halogens is 2. The van der Waals surface area contributed by atoms with Gasteiger partial charge in [-0.1, -0.05) is 113 Å². The highest BCUT2D eigenvalue weighted by atomic mass is 79.9. The summed E-state index contributed by atoms with van der Waals surface area (Å²) in [4.78, 5) is 18.3. The molecule has 1 amide bonds. The predicted octanol–water partition coefficient (Wildman–Crippen LogP) is 11.0. The summed E-state index contributed by atoms with van der Waals surface area (Å²) in [7, 11) is 0. The van der Waals surface area contributed by atoms with Gasteiger partial charge in [0, 0.05) is 31.9 Å². The van der Waals surface area contributed by atoms with Gasteiger partial charge in [0.25, 0.3) is 0 Å². The van der Waals surface area contributed by atoms with Gasteiger partial charge in [0.1, 0.15) is 5.75 Å². The van der Waals surface area contributed by atoms with E-state index in [4.69, 9.17) is 16.3 Å². The zero-order chi connectivity index (χ0) is 29.3. The van der Waals surface area contributed by atoms with E-state index in [0.717, 1.165) is 47.8 Å². The van der Waals surface area contributed by atoms with E-state index in [-0.39, 0.29) is 22.9 Å². The first-order valence-electron chi connectivity index (χ1n) is 15.8. The first-order valence-corrected chi connectivity index (χ1v) is 17.2. The number of hydrogen-bond acceptors (Lipinski definition) is 4. The molecule has 1 heterocycles. The van der Waals surface area contributed by atoms with Crippen LogP contribution in [0, 0.1) is 0 Å². The lowest BCUT2D eigenvalue weighted by molar-refractivity contribution is -0.116. The second kappa shape index (κ2) is 21.1. The lowest BCUT2D eigenvalue weighted by Gasteiger charge is -2.26. The van der Waals surface area contributed by atoms with Gasteiger partial charge >= 0.3 is 0 Å². The van der Waals surface area contributed by atoms with Crippen LogP contribution in [0.15, 0.2) is 53.6 Å². The van der Waals surface area contributed by atoms with E-state index in [1.807, 2.05) is 40.9 Å². The number of anilines is 1. The Balaban J connectivity index is 0.00000616. The summed E-state index contributed by atoms with van der Waals surface area (Å²) in [5.74, 6) is 1.75. The second-order valence-electron chi connectivity index (χ2n) is 11.3. The van der Waals surface area contributed by atoms with Gasteiger partial charge in [-0.05, 0) is 54.0 Å². The van der Waals surface area contributed by atoms with Crippen molar-refractivity contribution in [1.82, 2.24) is 4.90 Å². The number of thioether (sulfide) groups is 1. The van der Waals surface area contributed by atoms with Crippen LogP contribution in [0.3, 0.4) is 0 Å². The molecule has 0 saturated carbocycles. The number of carbonyl (C=O) groups is 1. The number of amides is 1. The molecule has 0 radical (unpaired) electrons. The molecule has 0 saturated heterocycles. The molecule has 234 valence electrons. The van der Waals surface area contributed by atoms with E-state index in [2.05, 4.69) is 43.1 Å². The summed E-state index contributed by atoms with van der Waals surface area (Å²) in [6, 6.07) is 14.2. The minimum atomic E-state index is 0. The number of para-hydroxylation sites is 1. The molecule has 1 aliphatic rings. The average molecular weight is 680 g/mol. The van der Waals surface area contributed by atoms with Crippen molar-refractivity contribution in [3.8, 4) is 5.75 Å². The van der Waals surface area contributed by atoms with Crippen LogP contribution in [0.4, 0.5) is 5.69 Å². The molecule has 3 rings (SSSR count). The van der Waals surface area contributed by atoms with Gasteiger partial charge in [0.05, 0.1) is 17.5 Å². The molecule has 0 atom stereocenters. The molecular formula is C35H52BrClN2O2S. The van der Waals surface area contributed by atoms with E-state index >= 15 is 0 Å². The molecule has 4 nitrogen and oxygen atoms in total. The van der Waals surface area contributed by atoms with Gasteiger partial charge in [-0.15, -0.1) is 28.7 Å². The molecule has 0 aromatic heterocycles. The maximum Gasteiger partial charge on any atom is 0.223 e. The molecule has 0 unspecified atom stereocenters. The fraction of sp³-hybridized carbons (Fsp3) is 0.571. The Kier molecular flexibility index (Phi) is 18.4. The van der Waals surface area contributed by atoms with Crippen molar-refractivity contribution in [2.75, 3.05) is 23.9 Å². The van der Waals surface area contributed by atoms with Crippen LogP contribution >= 0.6 is 40.3 Å². The van der Waals surface area contributed by atoms with Gasteiger partial charge in [0.2, 0.25) is 5.91 Å². The van der Waals surface area contributed by atoms with E-state index in [1.165, 1.54) is 75.5 Å². The SMILES string of the molecule is Br.CCCCCCCCCCCCCCOc1cc(CCN(C(C)=O)c2ccccc2CN2C=C(C)SC2)ccc1Cl. The monoisotopic (exact) mass is 678 g/mol. The predicted molar refractivity (Wildman–Crippen MR) is 188 cm³/mol. The summed E-state index contributed by atoms with van der Waals surface area (Å²) >= 11 is 8.32. The van der Waals surface area contributed by atoms with Crippen molar-refractivity contribution in [3.05, 3.63) is 69.7 Å². The third kappa shape index (κ3) is 13.3. The Morgan fingerprint density at radius 3 is 2.21 bits per heavy atom. The highest BCUT2D eigenvalue weighted by molar-refractivity contribution is 8.93. The molecule has 7 heteroatoms. The van der Waals surface area contributed by atoms with E-state index < -0.39 is 0 Å². The number of nitrogens with zero attached hydrogens (tertiary/aromatic N) is 2. The standard InChI is InChI=1S/C35H51ClN2O2S.BrH/c1-4-5-6-7-8-9-10-11-12-13-14-17-24-40-35-25-31(20-21-33(35)36)22-23-38(30(3)39)34-19-16-15-18-32(34)27-37-26-29(2)41-28-37;/h15-16,18-21,25-26H,4-14,17,22-24,27-28H2,1-3H3;1H. The summed E-state index contributed by atoms with van der Waals surface area (Å²) in [5, 5.41) is 0.647. The van der Waals surface area contributed by atoms with Crippen molar-refractivity contribution in [3.63, 3.8) is 0 Å². The Bertz CT molecular complexity index is 1100. The van der Waals surface area contributed by atoms with E-state index in [0.29, 0.717) is 18.2 Å². The fourth-order valence-corrected chi connectivity index (χ4v) is 6.29. The van der Waals surface area contributed by atoms with Crippen LogP contribution in [0.1, 0.15) is 109 Å². The fourth-order valence-electron chi connectivity index (χ4n) is 5.36. The summed E-state index contributed by atoms with van der Waals surface area (Å²) in [6.45, 7) is 8.16. The molecule has 0 fully saturated rings. The smallest absolute Gasteiger partial charge is 0.223 e. The molecule has 42 heavy (non-hydrogen) atoms. The van der Waals surface area contributed by atoms with Crippen LogP contribution < -0.4 is 9.64 Å². The van der Waals surface area contributed by atoms with Gasteiger partial charge < -0.3 is 14.5 Å². The second-order valence-corrected chi connectivity index (χ2v) is 12.9. The van der Waals surface area contributed by atoms with E-state index in [1.54, 1.807) is 6.92 Å². The number of ether oxygens (including phenoxy) is 1. The lowest BCUT2D eigenvalue weighted by Crippen LogP contribution is -2.32. The van der Waals surface area contributed by atoms with Crippen LogP contribution in [-0.2, 0) is 17.8 Å². The average Bonchev–Trinajstić information content (AvgIpc) is 3.37. The van der Waals surface area contributed by atoms with Crippen LogP contribution in [0.25, 0.3) is 0 Å². The maximum atomic E-state index is 12.7. The number of rotatable bonds is 20. The van der Waals surface area contributed by atoms with Crippen molar-refractivity contribution in [2.45, 2.75) is 111 Å². The number of benzene rings is 2. The van der Waals surface area contributed by atoms with Gasteiger partial charge in [-0.25, -0.2) is 0 Å². The Hall–Kier alpha value is -1.63. The highest BCUT2D eigenvalue weighted by Crippen LogP contribution is 2.30. The lowest BCUT2D eigenvalue weighted by atomic mass is 10.1. The van der Waals surface area contributed by atoms with Gasteiger partial charge in [-0.2, -0.15) is 0 Å². The Labute approximate surface area is 275 Å². The molecule has 1 aliphatic heterocycles. The first kappa shape index (κ1) is 36.6. The van der Waals surface area contributed by atoms with Crippen LogP contribution in [0.5, 0.6) is 5.75 Å². The number of allylic oxidation sites excluding steroid dienone is 1. The normalized spacial score (nSPS) is 12.7. The minimum absolute atomic E-state index is 0. The Morgan fingerprint density at radius 2 is 1.60 bits per heavy atom. The maximum absolute atomic E-state index is 12.7. The quantitative estimate of drug-likeness (QED) is 0.130. The summed E-state index contributed by atoms with van der Waals surface area (Å²) in [6.07, 6.45) is 18.9. The van der Waals surface area contributed by atoms with Crippen molar-refractivity contribution in [1.29, 1.82) is 0 Å². The number of hydrogen-bond donors (Lipinski definition) is 0. The topological polar surface area (TPSA) is 32.8 Å². The van der Waals surface area contributed by atoms with Gasteiger partial charge in [-0.3, -0.25) is 4.79 Å². The molecule has 2 aromatic rings. The Morgan fingerprint density at radius 1 is 0.952 bits per heavy atom. The molecule has 0 N–H and O–H groups in total. The minimum Gasteiger partial charge on any atom is -0.492 e. The zero-order valence-corrected chi connectivity index (χ0v) is 29.3. The molecular weight excluding hydrogens is 628 g/mol. The van der Waals surface area contributed by atoms with Crippen molar-refractivity contribution < 1.29 is 9.53 Å².